The van der Waals surface area contributed by atoms with Gasteiger partial charge in [-0.3, -0.25) is 14.5 Å². The molecule has 35 heavy (non-hydrogen) atoms. The fourth-order valence-electron chi connectivity index (χ4n) is 6.27. The normalized spacial score (nSPS) is 24.1. The Morgan fingerprint density at radius 1 is 1.06 bits per heavy atom. The topological polar surface area (TPSA) is 71.6 Å². The second-order valence-electron chi connectivity index (χ2n) is 9.52. The van der Waals surface area contributed by atoms with Gasteiger partial charge in [-0.15, -0.1) is 0 Å². The quantitative estimate of drug-likeness (QED) is 0.436. The minimum atomic E-state index is -1.06. The number of H-pyrrole nitrogens is 1. The molecule has 2 aromatic carbocycles. The van der Waals surface area contributed by atoms with E-state index in [0.29, 0.717) is 13.0 Å². The first-order valence-electron chi connectivity index (χ1n) is 12.3. The first-order chi connectivity index (χ1) is 17.0. The zero-order chi connectivity index (χ0) is 24.6. The highest BCUT2D eigenvalue weighted by molar-refractivity contribution is 5.93. The molecular weight excluding hydrogens is 440 g/mol. The Morgan fingerprint density at radius 3 is 2.51 bits per heavy atom. The molecule has 1 N–H and O–H groups in total. The summed E-state index contributed by atoms with van der Waals surface area (Å²) < 4.78 is 10.7. The molecule has 3 aromatic rings. The molecule has 5 rings (SSSR count). The second-order valence-corrected chi connectivity index (χ2v) is 9.52. The van der Waals surface area contributed by atoms with Crippen LogP contribution >= 0.6 is 0 Å². The lowest BCUT2D eigenvalue weighted by Gasteiger charge is -2.47. The van der Waals surface area contributed by atoms with Crippen molar-refractivity contribution in [3.63, 3.8) is 0 Å². The van der Waals surface area contributed by atoms with Crippen LogP contribution in [0.5, 0.6) is 0 Å². The summed E-state index contributed by atoms with van der Waals surface area (Å²) in [6.45, 7) is 3.57. The van der Waals surface area contributed by atoms with Gasteiger partial charge in [0.1, 0.15) is 5.41 Å². The van der Waals surface area contributed by atoms with Crippen molar-refractivity contribution < 1.29 is 19.1 Å². The average molecular weight is 473 g/mol. The number of rotatable bonds is 5. The van der Waals surface area contributed by atoms with E-state index >= 15 is 0 Å². The number of para-hydroxylation sites is 1. The van der Waals surface area contributed by atoms with E-state index in [2.05, 4.69) is 35.0 Å². The number of fused-ring (bicyclic) bond motifs is 5. The first kappa shape index (κ1) is 23.4. The van der Waals surface area contributed by atoms with Gasteiger partial charge in [-0.1, -0.05) is 67.1 Å². The Kier molecular flexibility index (Phi) is 6.24. The predicted octanol–water partition coefficient (Wildman–Crippen LogP) is 4.53. The number of carbonyl (C=O) groups excluding carboxylic acids is 2. The maximum Gasteiger partial charge on any atom is 0.319 e. The van der Waals surface area contributed by atoms with Crippen molar-refractivity contribution in [2.24, 2.45) is 5.92 Å². The van der Waals surface area contributed by atoms with E-state index in [1.54, 1.807) is 0 Å². The van der Waals surface area contributed by atoms with Crippen LogP contribution in [-0.4, -0.2) is 48.6 Å². The van der Waals surface area contributed by atoms with Crippen LogP contribution in [0.25, 0.3) is 10.9 Å². The van der Waals surface area contributed by atoms with Gasteiger partial charge in [0.2, 0.25) is 0 Å². The van der Waals surface area contributed by atoms with Crippen LogP contribution in [0, 0.1) is 5.92 Å². The van der Waals surface area contributed by atoms with Gasteiger partial charge in [0, 0.05) is 29.7 Å². The highest BCUT2D eigenvalue weighted by Gasteiger charge is 2.58. The van der Waals surface area contributed by atoms with Gasteiger partial charge in [-0.25, -0.2) is 0 Å². The molecule has 6 nitrogen and oxygen atoms in total. The lowest BCUT2D eigenvalue weighted by Crippen LogP contribution is -2.58. The van der Waals surface area contributed by atoms with E-state index in [-0.39, 0.29) is 18.0 Å². The summed E-state index contributed by atoms with van der Waals surface area (Å²) in [5.74, 6) is -1.17. The number of nitrogens with one attached hydrogen (secondary N) is 1. The van der Waals surface area contributed by atoms with Crippen LogP contribution in [0.1, 0.15) is 36.6 Å². The van der Waals surface area contributed by atoms with E-state index in [1.807, 2.05) is 42.5 Å². The molecule has 0 bridgehead atoms. The van der Waals surface area contributed by atoms with E-state index in [4.69, 9.17) is 9.47 Å². The van der Waals surface area contributed by atoms with Crippen LogP contribution in [0.15, 0.2) is 66.2 Å². The molecule has 3 atom stereocenters. The maximum absolute atomic E-state index is 14.0. The second kappa shape index (κ2) is 9.34. The standard InChI is InChI=1S/C29H32N2O4/c1-4-20-16-21(27(32)34-2)17-29(28(33)35-3)25-23(22-12-8-9-13-24(22)30-25)14-15-31(26(20)29)18-19-10-6-5-7-11-19/h5-13,16,21,26,30H,4,14-15,17-18H2,1-3H3/t21-,26-,29-/m0/s1. The minimum absolute atomic E-state index is 0.240. The number of hydrogen-bond acceptors (Lipinski definition) is 5. The molecule has 1 aliphatic carbocycles. The molecule has 0 spiro atoms. The van der Waals surface area contributed by atoms with Gasteiger partial charge in [-0.05, 0) is 36.5 Å². The van der Waals surface area contributed by atoms with E-state index in [9.17, 15) is 9.59 Å². The molecule has 2 heterocycles. The smallest absolute Gasteiger partial charge is 0.319 e. The Labute approximate surface area is 205 Å². The number of aromatic amines is 1. The number of methoxy groups -OCH3 is 2. The molecular formula is C29H32N2O4. The van der Waals surface area contributed by atoms with Crippen molar-refractivity contribution in [2.45, 2.75) is 44.2 Å². The summed E-state index contributed by atoms with van der Waals surface area (Å²) in [4.78, 5) is 32.9. The van der Waals surface area contributed by atoms with E-state index in [1.165, 1.54) is 19.8 Å². The van der Waals surface area contributed by atoms with Crippen LogP contribution in [0.3, 0.4) is 0 Å². The van der Waals surface area contributed by atoms with Crippen molar-refractivity contribution >= 4 is 22.8 Å². The zero-order valence-corrected chi connectivity index (χ0v) is 20.5. The van der Waals surface area contributed by atoms with Gasteiger partial charge in [0.05, 0.1) is 26.2 Å². The van der Waals surface area contributed by atoms with Gasteiger partial charge >= 0.3 is 11.9 Å². The van der Waals surface area contributed by atoms with Crippen molar-refractivity contribution in [1.82, 2.24) is 9.88 Å². The Hall–Kier alpha value is -3.38. The van der Waals surface area contributed by atoms with Crippen molar-refractivity contribution in [1.29, 1.82) is 0 Å². The lowest BCUT2D eigenvalue weighted by molar-refractivity contribution is -0.154. The Morgan fingerprint density at radius 2 is 1.80 bits per heavy atom. The molecule has 1 aliphatic heterocycles. The number of aromatic nitrogens is 1. The van der Waals surface area contributed by atoms with Crippen molar-refractivity contribution in [3.8, 4) is 0 Å². The summed E-state index contributed by atoms with van der Waals surface area (Å²) in [7, 11) is 2.85. The molecule has 0 saturated carbocycles. The molecule has 6 heteroatoms. The Bertz CT molecular complexity index is 1280. The van der Waals surface area contributed by atoms with E-state index in [0.717, 1.165) is 47.1 Å². The Balaban J connectivity index is 1.77. The van der Waals surface area contributed by atoms with Crippen molar-refractivity contribution in [2.75, 3.05) is 20.8 Å². The van der Waals surface area contributed by atoms with Crippen molar-refractivity contribution in [3.05, 3.63) is 83.1 Å². The number of hydrogen-bond donors (Lipinski definition) is 1. The van der Waals surface area contributed by atoms with E-state index < -0.39 is 11.3 Å². The molecule has 0 unspecified atom stereocenters. The van der Waals surface area contributed by atoms with Gasteiger partial charge in [0.25, 0.3) is 0 Å². The summed E-state index contributed by atoms with van der Waals surface area (Å²) in [5.41, 5.74) is 4.20. The fourth-order valence-corrected chi connectivity index (χ4v) is 6.27. The number of carbonyl (C=O) groups is 2. The summed E-state index contributed by atoms with van der Waals surface area (Å²) in [5, 5.41) is 1.12. The molecule has 0 radical (unpaired) electrons. The predicted molar refractivity (Wildman–Crippen MR) is 135 cm³/mol. The lowest BCUT2D eigenvalue weighted by atomic mass is 9.63. The summed E-state index contributed by atoms with van der Waals surface area (Å²) in [6, 6.07) is 18.3. The minimum Gasteiger partial charge on any atom is -0.469 e. The third-order valence-corrected chi connectivity index (χ3v) is 7.74. The monoisotopic (exact) mass is 472 g/mol. The molecule has 0 fully saturated rings. The molecule has 0 saturated heterocycles. The number of nitrogens with zero attached hydrogens (tertiary/aromatic N) is 1. The average Bonchev–Trinajstić information content (AvgIpc) is 3.22. The third-order valence-electron chi connectivity index (χ3n) is 7.74. The van der Waals surface area contributed by atoms with Crippen LogP contribution in [-0.2, 0) is 37.4 Å². The van der Waals surface area contributed by atoms with Crippen LogP contribution in [0.2, 0.25) is 0 Å². The van der Waals surface area contributed by atoms with Gasteiger partial charge < -0.3 is 14.5 Å². The van der Waals surface area contributed by atoms with Crippen LogP contribution < -0.4 is 0 Å². The molecule has 0 amide bonds. The van der Waals surface area contributed by atoms with Crippen LogP contribution in [0.4, 0.5) is 0 Å². The molecule has 182 valence electrons. The largest absolute Gasteiger partial charge is 0.469 e. The number of benzene rings is 2. The van der Waals surface area contributed by atoms with Gasteiger partial charge in [0.15, 0.2) is 0 Å². The summed E-state index contributed by atoms with van der Waals surface area (Å²) in [6.07, 6.45) is 3.84. The number of esters is 2. The fraction of sp³-hybridized carbons (Fsp3) is 0.379. The third kappa shape index (κ3) is 3.76. The maximum atomic E-state index is 14.0. The highest BCUT2D eigenvalue weighted by atomic mass is 16.5. The summed E-state index contributed by atoms with van der Waals surface area (Å²) >= 11 is 0. The zero-order valence-electron chi connectivity index (χ0n) is 20.5. The number of ether oxygens (including phenoxy) is 2. The highest BCUT2D eigenvalue weighted by Crippen LogP contribution is 2.50. The van der Waals surface area contributed by atoms with Gasteiger partial charge in [-0.2, -0.15) is 0 Å². The first-order valence-corrected chi connectivity index (χ1v) is 12.3. The molecule has 2 aliphatic rings. The SMILES string of the molecule is CCC1=C[C@H](C(=O)OC)C[C@]2(C(=O)OC)c3[nH]c4ccccc4c3CCN(Cc3ccccc3)[C@@H]12. The molecule has 1 aromatic heterocycles.